The second-order valence-electron chi connectivity index (χ2n) is 4.80. The van der Waals surface area contributed by atoms with Crippen molar-refractivity contribution in [3.05, 3.63) is 41.4 Å². The molecule has 0 aliphatic rings. The van der Waals surface area contributed by atoms with Crippen molar-refractivity contribution >= 4 is 5.91 Å². The minimum absolute atomic E-state index is 0.244. The van der Waals surface area contributed by atoms with E-state index in [2.05, 4.69) is 25.5 Å². The normalized spacial score (nSPS) is 12.7. The summed E-state index contributed by atoms with van der Waals surface area (Å²) < 4.78 is 12.4. The molecule has 0 aromatic carbocycles. The molecule has 0 aliphatic carbocycles. The van der Waals surface area contributed by atoms with Gasteiger partial charge in [0.15, 0.2) is 0 Å². The minimum atomic E-state index is -1.10. The molecule has 0 saturated carbocycles. The Bertz CT molecular complexity index is 538. The molecule has 1 rings (SSSR count). The van der Waals surface area contributed by atoms with Gasteiger partial charge in [0.05, 0.1) is 5.69 Å². The molecule has 0 bridgehead atoms. The molecule has 1 N–H and O–H groups in total. The topological polar surface area (TPSA) is 75.9 Å². The van der Waals surface area contributed by atoms with Crippen molar-refractivity contribution in [2.24, 2.45) is 10.2 Å². The van der Waals surface area contributed by atoms with Gasteiger partial charge in [-0.25, -0.2) is 0 Å². The van der Waals surface area contributed by atoms with Crippen molar-refractivity contribution < 1.29 is 14.3 Å². The van der Waals surface area contributed by atoms with Gasteiger partial charge in [0.1, 0.15) is 11.3 Å². The highest BCUT2D eigenvalue weighted by Crippen LogP contribution is 2.22. The van der Waals surface area contributed by atoms with Gasteiger partial charge in [-0.1, -0.05) is 12.1 Å². The molecule has 1 amide bonds. The third-order valence-electron chi connectivity index (χ3n) is 2.80. The predicted octanol–water partition coefficient (Wildman–Crippen LogP) is 2.82. The Morgan fingerprint density at radius 3 is 2.71 bits per heavy atom. The monoisotopic (exact) mass is 294 g/mol. The van der Waals surface area contributed by atoms with E-state index in [1.165, 1.54) is 7.05 Å². The largest absolute Gasteiger partial charge is 0.347 e. The number of amides is 1. The number of rotatable bonds is 6. The first-order chi connectivity index (χ1) is 9.94. The number of pyridine rings is 1. The van der Waals surface area contributed by atoms with Gasteiger partial charge in [0.25, 0.3) is 5.91 Å². The van der Waals surface area contributed by atoms with Crippen LogP contribution in [0.15, 0.2) is 40.3 Å². The molecule has 0 aliphatic heterocycles. The molecule has 114 valence electrons. The average Bonchev–Trinajstić information content (AvgIpc) is 2.50. The summed E-state index contributed by atoms with van der Waals surface area (Å²) in [5.74, 6) is -0.320. The Morgan fingerprint density at radius 2 is 2.24 bits per heavy atom. The number of carbonyl (C=O) groups excluding carboxylic acids is 1. The van der Waals surface area contributed by atoms with Crippen LogP contribution in [0.4, 0.5) is 4.53 Å². The Morgan fingerprint density at radius 1 is 1.52 bits per heavy atom. The van der Waals surface area contributed by atoms with Gasteiger partial charge < -0.3 is 5.32 Å². The molecule has 0 spiro atoms. The van der Waals surface area contributed by atoms with E-state index in [1.54, 1.807) is 45.2 Å². The van der Waals surface area contributed by atoms with E-state index >= 15 is 0 Å². The Hall–Kier alpha value is -2.15. The summed E-state index contributed by atoms with van der Waals surface area (Å²) >= 11 is 0. The minimum Gasteiger partial charge on any atom is -0.347 e. The molecule has 0 atom stereocenters. The van der Waals surface area contributed by atoms with E-state index in [4.69, 9.17) is 0 Å². The van der Waals surface area contributed by atoms with Crippen LogP contribution in [0, 0.1) is 0 Å². The second kappa shape index (κ2) is 7.58. The molecule has 1 aromatic heterocycles. The SMILES string of the molecule is C/C=C(\N=NC)C(=O)NCc1ccc(C(C)(C)OF)nc1. The molecule has 0 radical (unpaired) electrons. The standard InChI is InChI=1S/C14H19FN4O2/c1-5-11(19-16-4)13(20)18-9-10-6-7-12(17-8-10)14(2,3)21-15/h5-8H,9H2,1-4H3,(H,18,20)/b11-5-,19-16?. The summed E-state index contributed by atoms with van der Waals surface area (Å²) in [5.41, 5.74) is 0.398. The maximum absolute atomic E-state index is 12.4. The van der Waals surface area contributed by atoms with Crippen molar-refractivity contribution in [2.45, 2.75) is 32.9 Å². The van der Waals surface area contributed by atoms with E-state index in [9.17, 15) is 9.32 Å². The molecule has 7 heteroatoms. The molecule has 6 nitrogen and oxygen atoms in total. The number of hydrogen-bond donors (Lipinski definition) is 1. The average molecular weight is 294 g/mol. The van der Waals surface area contributed by atoms with Gasteiger partial charge in [0.2, 0.25) is 0 Å². The van der Waals surface area contributed by atoms with E-state index in [1.807, 2.05) is 0 Å². The smallest absolute Gasteiger partial charge is 0.271 e. The fraction of sp³-hybridized carbons (Fsp3) is 0.429. The molecule has 0 unspecified atom stereocenters. The fourth-order valence-electron chi connectivity index (χ4n) is 1.54. The lowest BCUT2D eigenvalue weighted by molar-refractivity contribution is -0.229. The maximum atomic E-state index is 12.4. The second-order valence-corrected chi connectivity index (χ2v) is 4.80. The number of azo groups is 1. The van der Waals surface area contributed by atoms with Crippen molar-refractivity contribution in [3.63, 3.8) is 0 Å². The van der Waals surface area contributed by atoms with Crippen molar-refractivity contribution in [2.75, 3.05) is 7.05 Å². The molecule has 1 aromatic rings. The van der Waals surface area contributed by atoms with Crippen LogP contribution >= 0.6 is 0 Å². The predicted molar refractivity (Wildman–Crippen MR) is 75.8 cm³/mol. The number of hydrogen-bond acceptors (Lipinski definition) is 5. The highest BCUT2D eigenvalue weighted by atomic mass is 19.3. The quantitative estimate of drug-likeness (QED) is 0.647. The van der Waals surface area contributed by atoms with Crippen molar-refractivity contribution in [1.29, 1.82) is 0 Å². The van der Waals surface area contributed by atoms with E-state index < -0.39 is 5.60 Å². The van der Waals surface area contributed by atoms with Crippen LogP contribution in [0.2, 0.25) is 0 Å². The third kappa shape index (κ3) is 4.71. The van der Waals surface area contributed by atoms with Crippen LogP contribution in [-0.2, 0) is 21.9 Å². The lowest BCUT2D eigenvalue weighted by Gasteiger charge is -2.18. The number of carbonyl (C=O) groups is 1. The van der Waals surface area contributed by atoms with E-state index in [-0.39, 0.29) is 11.6 Å². The van der Waals surface area contributed by atoms with Crippen LogP contribution in [0.25, 0.3) is 0 Å². The Balaban J connectivity index is 2.67. The number of halogens is 1. The lowest BCUT2D eigenvalue weighted by Crippen LogP contribution is -2.24. The molecular weight excluding hydrogens is 275 g/mol. The van der Waals surface area contributed by atoms with Gasteiger partial charge in [-0.3, -0.25) is 9.78 Å². The maximum Gasteiger partial charge on any atom is 0.271 e. The first-order valence-corrected chi connectivity index (χ1v) is 6.44. The van der Waals surface area contributed by atoms with Crippen LogP contribution in [-0.4, -0.2) is 17.9 Å². The summed E-state index contributed by atoms with van der Waals surface area (Å²) in [6.07, 6.45) is 3.14. The molecule has 21 heavy (non-hydrogen) atoms. The highest BCUT2D eigenvalue weighted by molar-refractivity contribution is 5.92. The lowest BCUT2D eigenvalue weighted by atomic mass is 10.0. The highest BCUT2D eigenvalue weighted by Gasteiger charge is 2.24. The molecule has 0 saturated heterocycles. The summed E-state index contributed by atoms with van der Waals surface area (Å²) in [7, 11) is 1.49. The van der Waals surface area contributed by atoms with Crippen LogP contribution in [0.1, 0.15) is 32.0 Å². The zero-order valence-electron chi connectivity index (χ0n) is 12.6. The summed E-state index contributed by atoms with van der Waals surface area (Å²) in [6.45, 7) is 5.15. The van der Waals surface area contributed by atoms with Crippen LogP contribution in [0.3, 0.4) is 0 Å². The summed E-state index contributed by atoms with van der Waals surface area (Å²) in [4.78, 5) is 19.8. The van der Waals surface area contributed by atoms with Crippen LogP contribution < -0.4 is 5.32 Å². The molecular formula is C14H19FN4O2. The zero-order valence-corrected chi connectivity index (χ0v) is 12.6. The zero-order chi connectivity index (χ0) is 15.9. The van der Waals surface area contributed by atoms with Gasteiger partial charge in [-0.05, 0) is 36.9 Å². The number of nitrogens with one attached hydrogen (secondary N) is 1. The van der Waals surface area contributed by atoms with Gasteiger partial charge in [-0.2, -0.15) is 15.2 Å². The number of nitrogens with zero attached hydrogens (tertiary/aromatic N) is 3. The Kier molecular flexibility index (Phi) is 6.10. The molecule has 1 heterocycles. The van der Waals surface area contributed by atoms with Gasteiger partial charge in [-0.15, -0.1) is 0 Å². The third-order valence-corrected chi connectivity index (χ3v) is 2.80. The Labute approximate surface area is 123 Å². The molecule has 0 fully saturated rings. The summed E-state index contributed by atoms with van der Waals surface area (Å²) in [5, 5.41) is 9.98. The first-order valence-electron chi connectivity index (χ1n) is 6.44. The number of aromatic nitrogens is 1. The van der Waals surface area contributed by atoms with Crippen molar-refractivity contribution in [3.8, 4) is 0 Å². The first kappa shape index (κ1) is 16.9. The van der Waals surface area contributed by atoms with E-state index in [0.717, 1.165) is 5.56 Å². The van der Waals surface area contributed by atoms with E-state index in [0.29, 0.717) is 12.2 Å². The van der Waals surface area contributed by atoms with Crippen molar-refractivity contribution in [1.82, 2.24) is 10.3 Å². The van der Waals surface area contributed by atoms with Gasteiger partial charge in [0, 0.05) is 19.8 Å². The van der Waals surface area contributed by atoms with Gasteiger partial charge >= 0.3 is 0 Å². The van der Waals surface area contributed by atoms with Crippen LogP contribution in [0.5, 0.6) is 0 Å². The fourth-order valence-corrected chi connectivity index (χ4v) is 1.54. The number of allylic oxidation sites excluding steroid dienone is 1. The summed E-state index contributed by atoms with van der Waals surface area (Å²) in [6, 6.07) is 3.41.